The highest BCUT2D eigenvalue weighted by molar-refractivity contribution is 6.38. The van der Waals surface area contributed by atoms with E-state index in [-0.39, 0.29) is 6.61 Å². The number of pyridine rings is 1. The first-order valence-electron chi connectivity index (χ1n) is 5.42. The zero-order valence-electron chi connectivity index (χ0n) is 9.67. The fourth-order valence-electron chi connectivity index (χ4n) is 1.81. The Morgan fingerprint density at radius 3 is 2.53 bits per heavy atom. The van der Waals surface area contributed by atoms with Gasteiger partial charge in [-0.3, -0.25) is 4.98 Å². The SMILES string of the molecule is CC(C)c1cc(CO)c2c(Cl)cc(Cl)cc2n1. The van der Waals surface area contributed by atoms with Gasteiger partial charge in [0.2, 0.25) is 0 Å². The molecule has 1 N–H and O–H groups in total. The predicted molar refractivity (Wildman–Crippen MR) is 71.8 cm³/mol. The number of halogens is 2. The van der Waals surface area contributed by atoms with Crippen molar-refractivity contribution >= 4 is 34.1 Å². The summed E-state index contributed by atoms with van der Waals surface area (Å²) in [7, 11) is 0. The summed E-state index contributed by atoms with van der Waals surface area (Å²) in [6, 6.07) is 5.34. The normalized spacial score (nSPS) is 11.4. The average Bonchev–Trinajstić information content (AvgIpc) is 2.26. The Balaban J connectivity index is 2.82. The van der Waals surface area contributed by atoms with Crippen LogP contribution in [0.15, 0.2) is 18.2 Å². The van der Waals surface area contributed by atoms with Crippen LogP contribution in [-0.2, 0) is 6.61 Å². The van der Waals surface area contributed by atoms with Gasteiger partial charge in [0.25, 0.3) is 0 Å². The Labute approximate surface area is 110 Å². The van der Waals surface area contributed by atoms with Crippen LogP contribution in [-0.4, -0.2) is 10.1 Å². The topological polar surface area (TPSA) is 33.1 Å². The van der Waals surface area contributed by atoms with E-state index in [9.17, 15) is 5.11 Å². The highest BCUT2D eigenvalue weighted by atomic mass is 35.5. The minimum atomic E-state index is -0.0555. The molecule has 2 nitrogen and oxygen atoms in total. The minimum Gasteiger partial charge on any atom is -0.392 e. The van der Waals surface area contributed by atoms with Gasteiger partial charge in [0.15, 0.2) is 0 Å². The van der Waals surface area contributed by atoms with Gasteiger partial charge in [-0.15, -0.1) is 0 Å². The van der Waals surface area contributed by atoms with Crippen molar-refractivity contribution in [3.63, 3.8) is 0 Å². The van der Waals surface area contributed by atoms with Crippen molar-refractivity contribution in [1.29, 1.82) is 0 Å². The maximum Gasteiger partial charge on any atom is 0.0738 e. The molecule has 1 aromatic carbocycles. The Hall–Kier alpha value is -0.830. The van der Waals surface area contributed by atoms with Crippen LogP contribution in [0.4, 0.5) is 0 Å². The summed E-state index contributed by atoms with van der Waals surface area (Å²) in [5.41, 5.74) is 2.46. The highest BCUT2D eigenvalue weighted by Crippen LogP contribution is 2.31. The molecule has 0 aliphatic carbocycles. The molecule has 2 rings (SSSR count). The Morgan fingerprint density at radius 2 is 1.94 bits per heavy atom. The molecule has 1 heterocycles. The van der Waals surface area contributed by atoms with Crippen LogP contribution < -0.4 is 0 Å². The zero-order valence-corrected chi connectivity index (χ0v) is 11.2. The van der Waals surface area contributed by atoms with Gasteiger partial charge in [-0.1, -0.05) is 37.0 Å². The molecule has 0 radical (unpaired) electrons. The number of fused-ring (bicyclic) bond motifs is 1. The lowest BCUT2D eigenvalue weighted by Gasteiger charge is -2.11. The molecule has 0 saturated carbocycles. The van der Waals surface area contributed by atoms with Crippen LogP contribution >= 0.6 is 23.2 Å². The molecule has 0 aliphatic rings. The third kappa shape index (κ3) is 2.39. The average molecular weight is 270 g/mol. The van der Waals surface area contributed by atoms with Gasteiger partial charge >= 0.3 is 0 Å². The van der Waals surface area contributed by atoms with E-state index in [1.54, 1.807) is 12.1 Å². The maximum absolute atomic E-state index is 9.42. The molecule has 90 valence electrons. The maximum atomic E-state index is 9.42. The van der Waals surface area contributed by atoms with Gasteiger partial charge in [0.05, 0.1) is 17.1 Å². The van der Waals surface area contributed by atoms with E-state index in [2.05, 4.69) is 18.8 Å². The van der Waals surface area contributed by atoms with Crippen molar-refractivity contribution in [2.24, 2.45) is 0 Å². The molecular formula is C13H13Cl2NO. The summed E-state index contributed by atoms with van der Waals surface area (Å²) in [5.74, 6) is 0.294. The molecule has 2 aromatic rings. The summed E-state index contributed by atoms with van der Waals surface area (Å²) in [5, 5.41) is 11.3. The predicted octanol–water partition coefficient (Wildman–Crippen LogP) is 4.16. The van der Waals surface area contributed by atoms with E-state index in [1.165, 1.54) is 0 Å². The Morgan fingerprint density at radius 1 is 1.24 bits per heavy atom. The number of aromatic nitrogens is 1. The first kappa shape index (κ1) is 12.6. The summed E-state index contributed by atoms with van der Waals surface area (Å²) < 4.78 is 0. The fourth-order valence-corrected chi connectivity index (χ4v) is 2.41. The second-order valence-electron chi connectivity index (χ2n) is 4.30. The molecule has 0 spiro atoms. The summed E-state index contributed by atoms with van der Waals surface area (Å²) >= 11 is 12.1. The molecule has 0 saturated heterocycles. The molecule has 0 bridgehead atoms. The van der Waals surface area contributed by atoms with Crippen LogP contribution in [0.2, 0.25) is 10.0 Å². The molecule has 0 amide bonds. The third-order valence-electron chi connectivity index (χ3n) is 2.69. The first-order chi connectivity index (χ1) is 8.02. The number of benzene rings is 1. The van der Waals surface area contributed by atoms with Crippen molar-refractivity contribution in [2.45, 2.75) is 26.4 Å². The van der Waals surface area contributed by atoms with Crippen LogP contribution in [0.1, 0.15) is 31.0 Å². The van der Waals surface area contributed by atoms with Crippen LogP contribution in [0.25, 0.3) is 10.9 Å². The standard InChI is InChI=1S/C13H13Cl2NO/c1-7(2)11-3-8(6-17)13-10(15)4-9(14)5-12(13)16-11/h3-5,7,17H,6H2,1-2H3. The van der Waals surface area contributed by atoms with E-state index in [0.717, 1.165) is 22.2 Å². The fraction of sp³-hybridized carbons (Fsp3) is 0.308. The van der Waals surface area contributed by atoms with E-state index in [1.807, 2.05) is 6.07 Å². The van der Waals surface area contributed by atoms with Crippen molar-refractivity contribution in [3.8, 4) is 0 Å². The molecule has 17 heavy (non-hydrogen) atoms. The summed E-state index contributed by atoms with van der Waals surface area (Å²) in [6.07, 6.45) is 0. The van der Waals surface area contributed by atoms with Gasteiger partial charge in [-0.25, -0.2) is 0 Å². The smallest absolute Gasteiger partial charge is 0.0738 e. The first-order valence-corrected chi connectivity index (χ1v) is 6.18. The molecular weight excluding hydrogens is 257 g/mol. The molecule has 0 unspecified atom stereocenters. The van der Waals surface area contributed by atoms with Crippen molar-refractivity contribution < 1.29 is 5.11 Å². The highest BCUT2D eigenvalue weighted by Gasteiger charge is 2.11. The van der Waals surface area contributed by atoms with Gasteiger partial charge in [0.1, 0.15) is 0 Å². The number of hydrogen-bond acceptors (Lipinski definition) is 2. The number of aliphatic hydroxyl groups is 1. The monoisotopic (exact) mass is 269 g/mol. The van der Waals surface area contributed by atoms with Crippen LogP contribution in [0.3, 0.4) is 0 Å². The second-order valence-corrected chi connectivity index (χ2v) is 5.14. The lowest BCUT2D eigenvalue weighted by Crippen LogP contribution is -1.98. The van der Waals surface area contributed by atoms with Crippen molar-refractivity contribution in [3.05, 3.63) is 39.5 Å². The zero-order chi connectivity index (χ0) is 12.6. The third-order valence-corrected chi connectivity index (χ3v) is 3.21. The van der Waals surface area contributed by atoms with Crippen LogP contribution in [0, 0.1) is 0 Å². The van der Waals surface area contributed by atoms with Gasteiger partial charge in [-0.05, 0) is 29.7 Å². The van der Waals surface area contributed by atoms with E-state index < -0.39 is 0 Å². The molecule has 0 aliphatic heterocycles. The molecule has 0 atom stereocenters. The van der Waals surface area contributed by atoms with Crippen molar-refractivity contribution in [1.82, 2.24) is 4.98 Å². The lowest BCUT2D eigenvalue weighted by atomic mass is 10.0. The summed E-state index contributed by atoms with van der Waals surface area (Å²) in [4.78, 5) is 4.53. The summed E-state index contributed by atoms with van der Waals surface area (Å²) in [6.45, 7) is 4.06. The van der Waals surface area contributed by atoms with Gasteiger partial charge < -0.3 is 5.11 Å². The number of nitrogens with zero attached hydrogens (tertiary/aromatic N) is 1. The lowest BCUT2D eigenvalue weighted by molar-refractivity contribution is 0.283. The van der Waals surface area contributed by atoms with E-state index in [4.69, 9.17) is 23.2 Å². The number of hydrogen-bond donors (Lipinski definition) is 1. The number of aliphatic hydroxyl groups excluding tert-OH is 1. The van der Waals surface area contributed by atoms with E-state index >= 15 is 0 Å². The quantitative estimate of drug-likeness (QED) is 0.888. The molecule has 0 fully saturated rings. The molecule has 4 heteroatoms. The van der Waals surface area contributed by atoms with Gasteiger partial charge in [0, 0.05) is 16.1 Å². The Kier molecular flexibility index (Phi) is 3.57. The van der Waals surface area contributed by atoms with Crippen molar-refractivity contribution in [2.75, 3.05) is 0 Å². The largest absolute Gasteiger partial charge is 0.392 e. The van der Waals surface area contributed by atoms with Gasteiger partial charge in [-0.2, -0.15) is 0 Å². The Bertz CT molecular complexity index is 567. The molecule has 1 aromatic heterocycles. The minimum absolute atomic E-state index is 0.0555. The van der Waals surface area contributed by atoms with Crippen LogP contribution in [0.5, 0.6) is 0 Å². The second kappa shape index (κ2) is 4.81. The number of rotatable bonds is 2. The van der Waals surface area contributed by atoms with E-state index in [0.29, 0.717) is 16.0 Å².